The van der Waals surface area contributed by atoms with Gasteiger partial charge in [0.2, 0.25) is 5.91 Å². The maximum Gasteiger partial charge on any atom is 0.229 e. The summed E-state index contributed by atoms with van der Waals surface area (Å²) >= 11 is 5.97. The zero-order chi connectivity index (χ0) is 14.1. The standard InChI is InChI=1S/C15H14ClN3O/c1-9-5-14(18-8-17-9)19-15(20)13-7-12(13)10-3-2-4-11(16)6-10/h2-6,8,12-13H,7H2,1H3,(H,17,18,19,20)/t12?,13-/m0/s1. The predicted molar refractivity (Wildman–Crippen MR) is 77.7 cm³/mol. The minimum absolute atomic E-state index is 0.00346. The van der Waals surface area contributed by atoms with Gasteiger partial charge in [0, 0.05) is 22.7 Å². The van der Waals surface area contributed by atoms with Crippen molar-refractivity contribution in [1.29, 1.82) is 0 Å². The van der Waals surface area contributed by atoms with Crippen molar-refractivity contribution in [2.45, 2.75) is 19.3 Å². The van der Waals surface area contributed by atoms with E-state index in [2.05, 4.69) is 15.3 Å². The lowest BCUT2D eigenvalue weighted by molar-refractivity contribution is -0.117. The lowest BCUT2D eigenvalue weighted by atomic mass is 10.1. The average Bonchev–Trinajstić information content (AvgIpc) is 3.19. The van der Waals surface area contributed by atoms with Crippen LogP contribution in [0.25, 0.3) is 0 Å². The number of rotatable bonds is 3. The van der Waals surface area contributed by atoms with Gasteiger partial charge in [0.25, 0.3) is 0 Å². The van der Waals surface area contributed by atoms with Gasteiger partial charge in [-0.15, -0.1) is 0 Å². The van der Waals surface area contributed by atoms with Crippen molar-refractivity contribution in [3.05, 3.63) is 52.9 Å². The van der Waals surface area contributed by atoms with Crippen LogP contribution in [0.4, 0.5) is 5.82 Å². The highest BCUT2D eigenvalue weighted by atomic mass is 35.5. The molecule has 0 radical (unpaired) electrons. The van der Waals surface area contributed by atoms with Crippen molar-refractivity contribution < 1.29 is 4.79 Å². The fraction of sp³-hybridized carbons (Fsp3) is 0.267. The first kappa shape index (κ1) is 13.1. The molecule has 4 nitrogen and oxygen atoms in total. The third-order valence-corrected chi connectivity index (χ3v) is 3.69. The molecule has 0 bridgehead atoms. The maximum absolute atomic E-state index is 12.2. The van der Waals surface area contributed by atoms with E-state index in [-0.39, 0.29) is 17.7 Å². The molecule has 20 heavy (non-hydrogen) atoms. The van der Waals surface area contributed by atoms with Crippen LogP contribution < -0.4 is 5.32 Å². The number of carbonyl (C=O) groups is 1. The molecule has 1 aromatic heterocycles. The number of hydrogen-bond acceptors (Lipinski definition) is 3. The van der Waals surface area contributed by atoms with Gasteiger partial charge < -0.3 is 5.32 Å². The van der Waals surface area contributed by atoms with E-state index >= 15 is 0 Å². The first-order valence-corrected chi connectivity index (χ1v) is 6.86. The first-order valence-electron chi connectivity index (χ1n) is 6.48. The summed E-state index contributed by atoms with van der Waals surface area (Å²) in [6.45, 7) is 1.86. The number of aromatic nitrogens is 2. The number of nitrogens with zero attached hydrogens (tertiary/aromatic N) is 2. The van der Waals surface area contributed by atoms with Gasteiger partial charge in [-0.2, -0.15) is 0 Å². The van der Waals surface area contributed by atoms with E-state index in [1.54, 1.807) is 6.07 Å². The molecule has 1 aliphatic rings. The molecular formula is C15H14ClN3O. The van der Waals surface area contributed by atoms with Crippen LogP contribution in [0.2, 0.25) is 5.02 Å². The van der Waals surface area contributed by atoms with Gasteiger partial charge in [0.15, 0.2) is 0 Å². The summed E-state index contributed by atoms with van der Waals surface area (Å²) in [5.41, 5.74) is 1.95. The second-order valence-electron chi connectivity index (χ2n) is 5.04. The number of nitrogens with one attached hydrogen (secondary N) is 1. The monoisotopic (exact) mass is 287 g/mol. The largest absolute Gasteiger partial charge is 0.310 e. The van der Waals surface area contributed by atoms with Crippen LogP contribution >= 0.6 is 11.6 Å². The highest BCUT2D eigenvalue weighted by Gasteiger charge is 2.44. The van der Waals surface area contributed by atoms with Crippen LogP contribution in [-0.2, 0) is 4.79 Å². The molecular weight excluding hydrogens is 274 g/mol. The van der Waals surface area contributed by atoms with Crippen molar-refractivity contribution in [2.75, 3.05) is 5.32 Å². The zero-order valence-corrected chi connectivity index (χ0v) is 11.8. The Labute approximate surface area is 122 Å². The van der Waals surface area contributed by atoms with E-state index in [1.807, 2.05) is 31.2 Å². The lowest BCUT2D eigenvalue weighted by Gasteiger charge is -2.04. The molecule has 1 N–H and O–H groups in total. The van der Waals surface area contributed by atoms with Gasteiger partial charge in [-0.3, -0.25) is 4.79 Å². The summed E-state index contributed by atoms with van der Waals surface area (Å²) in [6.07, 6.45) is 2.31. The summed E-state index contributed by atoms with van der Waals surface area (Å²) < 4.78 is 0. The summed E-state index contributed by atoms with van der Waals surface area (Å²) in [4.78, 5) is 20.2. The van der Waals surface area contributed by atoms with Crippen molar-refractivity contribution in [3.8, 4) is 0 Å². The van der Waals surface area contributed by atoms with E-state index < -0.39 is 0 Å². The fourth-order valence-electron chi connectivity index (χ4n) is 2.33. The predicted octanol–water partition coefficient (Wildman–Crippen LogP) is 3.18. The molecule has 1 heterocycles. The first-order chi connectivity index (χ1) is 9.63. The van der Waals surface area contributed by atoms with E-state index in [4.69, 9.17) is 11.6 Å². The van der Waals surface area contributed by atoms with Gasteiger partial charge in [-0.1, -0.05) is 23.7 Å². The summed E-state index contributed by atoms with van der Waals surface area (Å²) in [5.74, 6) is 0.827. The molecule has 1 unspecified atom stereocenters. The Morgan fingerprint density at radius 3 is 2.95 bits per heavy atom. The molecule has 2 aromatic rings. The molecule has 1 aliphatic carbocycles. The Bertz CT molecular complexity index is 659. The van der Waals surface area contributed by atoms with Gasteiger partial charge >= 0.3 is 0 Å². The Balaban J connectivity index is 1.66. The van der Waals surface area contributed by atoms with Crippen LogP contribution in [0.1, 0.15) is 23.6 Å². The third kappa shape index (κ3) is 2.80. The molecule has 1 saturated carbocycles. The fourth-order valence-corrected chi connectivity index (χ4v) is 2.53. The quantitative estimate of drug-likeness (QED) is 0.943. The minimum atomic E-state index is 0.00346. The topological polar surface area (TPSA) is 54.9 Å². The van der Waals surface area contributed by atoms with Crippen LogP contribution in [0.15, 0.2) is 36.7 Å². The molecule has 3 rings (SSSR count). The molecule has 102 valence electrons. The Hall–Kier alpha value is -1.94. The van der Waals surface area contributed by atoms with Gasteiger partial charge in [0.1, 0.15) is 12.1 Å². The molecule has 0 saturated heterocycles. The molecule has 1 fully saturated rings. The molecule has 0 aliphatic heterocycles. The highest BCUT2D eigenvalue weighted by molar-refractivity contribution is 6.30. The number of benzene rings is 1. The number of carbonyl (C=O) groups excluding carboxylic acids is 1. The molecule has 1 aromatic carbocycles. The lowest BCUT2D eigenvalue weighted by Crippen LogP contribution is -2.15. The zero-order valence-electron chi connectivity index (χ0n) is 11.0. The van der Waals surface area contributed by atoms with Crippen molar-refractivity contribution >= 4 is 23.3 Å². The number of hydrogen-bond donors (Lipinski definition) is 1. The van der Waals surface area contributed by atoms with Gasteiger partial charge in [0.05, 0.1) is 0 Å². The maximum atomic E-state index is 12.2. The highest BCUT2D eigenvalue weighted by Crippen LogP contribution is 2.48. The van der Waals surface area contributed by atoms with Crippen molar-refractivity contribution in [1.82, 2.24) is 9.97 Å². The smallest absolute Gasteiger partial charge is 0.229 e. The third-order valence-electron chi connectivity index (χ3n) is 3.46. The van der Waals surface area contributed by atoms with Gasteiger partial charge in [-0.05, 0) is 37.0 Å². The molecule has 1 amide bonds. The average molecular weight is 288 g/mol. The van der Waals surface area contributed by atoms with Gasteiger partial charge in [-0.25, -0.2) is 9.97 Å². The normalized spacial score (nSPS) is 20.5. The summed E-state index contributed by atoms with van der Waals surface area (Å²) in [6, 6.07) is 9.45. The Morgan fingerprint density at radius 1 is 1.35 bits per heavy atom. The van der Waals surface area contributed by atoms with E-state index in [0.29, 0.717) is 10.8 Å². The van der Waals surface area contributed by atoms with Crippen LogP contribution in [-0.4, -0.2) is 15.9 Å². The van der Waals surface area contributed by atoms with Crippen LogP contribution in [0.5, 0.6) is 0 Å². The Morgan fingerprint density at radius 2 is 2.20 bits per heavy atom. The van der Waals surface area contributed by atoms with Crippen LogP contribution in [0.3, 0.4) is 0 Å². The number of anilines is 1. The van der Waals surface area contributed by atoms with Crippen LogP contribution in [0, 0.1) is 12.8 Å². The number of amides is 1. The number of halogens is 1. The van der Waals surface area contributed by atoms with Crippen molar-refractivity contribution in [2.24, 2.45) is 5.92 Å². The van der Waals surface area contributed by atoms with E-state index in [0.717, 1.165) is 17.7 Å². The Kier molecular flexibility index (Phi) is 3.40. The molecule has 2 atom stereocenters. The molecule has 0 spiro atoms. The SMILES string of the molecule is Cc1cc(NC(=O)[C@H]2CC2c2cccc(Cl)c2)ncn1. The summed E-state index contributed by atoms with van der Waals surface area (Å²) in [7, 11) is 0. The van der Waals surface area contributed by atoms with Crippen molar-refractivity contribution in [3.63, 3.8) is 0 Å². The van der Waals surface area contributed by atoms with E-state index in [9.17, 15) is 4.79 Å². The second-order valence-corrected chi connectivity index (χ2v) is 5.47. The number of aryl methyl sites for hydroxylation is 1. The minimum Gasteiger partial charge on any atom is -0.310 e. The summed E-state index contributed by atoms with van der Waals surface area (Å²) in [5, 5.41) is 3.54. The molecule has 5 heteroatoms. The van der Waals surface area contributed by atoms with E-state index in [1.165, 1.54) is 6.33 Å². The second kappa shape index (κ2) is 5.21.